The molecule has 0 aliphatic carbocycles. The van der Waals surface area contributed by atoms with Crippen LogP contribution in [0.4, 0.5) is 4.39 Å². The molecule has 2 saturated heterocycles. The monoisotopic (exact) mass is 554 g/mol. The number of imide groups is 2. The Hall–Kier alpha value is -4.70. The molecule has 1 unspecified atom stereocenters. The van der Waals surface area contributed by atoms with E-state index < -0.39 is 41.4 Å². The molecule has 3 heterocycles. The van der Waals surface area contributed by atoms with Crippen molar-refractivity contribution < 1.29 is 28.4 Å². The van der Waals surface area contributed by atoms with Gasteiger partial charge in [0.1, 0.15) is 11.9 Å². The summed E-state index contributed by atoms with van der Waals surface area (Å²) in [4.78, 5) is 68.0. The number of amides is 5. The third-order valence-electron chi connectivity index (χ3n) is 7.96. The summed E-state index contributed by atoms with van der Waals surface area (Å²) in [5.41, 5.74) is 1.63. The molecule has 0 radical (unpaired) electrons. The van der Waals surface area contributed by atoms with Crippen LogP contribution < -0.4 is 5.32 Å². The molecule has 10 heteroatoms. The lowest BCUT2D eigenvalue weighted by molar-refractivity contribution is -0.136. The molecule has 1 atom stereocenters. The van der Waals surface area contributed by atoms with Gasteiger partial charge >= 0.3 is 0 Å². The van der Waals surface area contributed by atoms with Crippen LogP contribution in [-0.4, -0.2) is 76.5 Å². The molecule has 41 heavy (non-hydrogen) atoms. The first-order chi connectivity index (χ1) is 19.8. The average Bonchev–Trinajstić information content (AvgIpc) is 3.22. The summed E-state index contributed by atoms with van der Waals surface area (Å²) in [6.45, 7) is 1.79. The highest BCUT2D eigenvalue weighted by Crippen LogP contribution is 2.32. The molecule has 3 aromatic rings. The van der Waals surface area contributed by atoms with Gasteiger partial charge in [-0.1, -0.05) is 60.7 Å². The van der Waals surface area contributed by atoms with E-state index in [-0.39, 0.29) is 35.6 Å². The van der Waals surface area contributed by atoms with Gasteiger partial charge in [-0.05, 0) is 29.7 Å². The van der Waals surface area contributed by atoms with Crippen LogP contribution >= 0.6 is 0 Å². The van der Waals surface area contributed by atoms with Crippen LogP contribution in [-0.2, 0) is 9.59 Å². The number of carbonyl (C=O) groups excluding carboxylic acids is 5. The molecule has 3 aromatic carbocycles. The SMILES string of the molecule is O=C1CCC(N2C(=O)c3cc(F)c(C(=O)N4CCN(C(c5ccccc5)c5ccccc5)CC4)cc3C2=O)C(=O)N1. The van der Waals surface area contributed by atoms with Gasteiger partial charge in [0.25, 0.3) is 17.7 Å². The number of rotatable bonds is 5. The van der Waals surface area contributed by atoms with E-state index in [0.717, 1.165) is 28.2 Å². The highest BCUT2D eigenvalue weighted by molar-refractivity contribution is 6.24. The van der Waals surface area contributed by atoms with E-state index in [1.165, 1.54) is 0 Å². The summed E-state index contributed by atoms with van der Waals surface area (Å²) < 4.78 is 15.2. The fourth-order valence-corrected chi connectivity index (χ4v) is 5.89. The zero-order chi connectivity index (χ0) is 28.7. The predicted octanol–water partition coefficient (Wildman–Crippen LogP) is 2.77. The molecule has 2 fully saturated rings. The second-order valence-corrected chi connectivity index (χ2v) is 10.4. The van der Waals surface area contributed by atoms with Crippen LogP contribution in [0, 0.1) is 5.82 Å². The summed E-state index contributed by atoms with van der Waals surface area (Å²) in [6, 6.07) is 21.0. The maximum atomic E-state index is 15.2. The van der Waals surface area contributed by atoms with Gasteiger partial charge in [0.15, 0.2) is 0 Å². The molecule has 5 amide bonds. The van der Waals surface area contributed by atoms with E-state index in [0.29, 0.717) is 26.2 Å². The molecule has 208 valence electrons. The van der Waals surface area contributed by atoms with Gasteiger partial charge in [-0.15, -0.1) is 0 Å². The second-order valence-electron chi connectivity index (χ2n) is 10.4. The highest BCUT2D eigenvalue weighted by atomic mass is 19.1. The van der Waals surface area contributed by atoms with Crippen molar-refractivity contribution >= 4 is 29.5 Å². The Bertz CT molecular complexity index is 1510. The van der Waals surface area contributed by atoms with Crippen molar-refractivity contribution in [1.82, 2.24) is 20.0 Å². The van der Waals surface area contributed by atoms with E-state index in [1.807, 2.05) is 36.4 Å². The van der Waals surface area contributed by atoms with Crippen LogP contribution in [0.2, 0.25) is 0 Å². The fraction of sp³-hybridized carbons (Fsp3) is 0.258. The summed E-state index contributed by atoms with van der Waals surface area (Å²) >= 11 is 0. The molecule has 3 aliphatic rings. The zero-order valence-electron chi connectivity index (χ0n) is 22.1. The van der Waals surface area contributed by atoms with Crippen LogP contribution in [0.15, 0.2) is 72.8 Å². The molecule has 6 rings (SSSR count). The number of carbonyl (C=O) groups is 5. The molecule has 0 spiro atoms. The smallest absolute Gasteiger partial charge is 0.262 e. The lowest BCUT2D eigenvalue weighted by atomic mass is 9.96. The van der Waals surface area contributed by atoms with E-state index in [1.54, 1.807) is 4.90 Å². The summed E-state index contributed by atoms with van der Waals surface area (Å²) in [7, 11) is 0. The summed E-state index contributed by atoms with van der Waals surface area (Å²) in [5.74, 6) is -4.32. The largest absolute Gasteiger partial charge is 0.336 e. The minimum absolute atomic E-state index is 0.00622. The Kier molecular flexibility index (Phi) is 6.92. The summed E-state index contributed by atoms with van der Waals surface area (Å²) in [5, 5.41) is 2.13. The van der Waals surface area contributed by atoms with Gasteiger partial charge in [-0.2, -0.15) is 0 Å². The number of hydrogen-bond acceptors (Lipinski definition) is 6. The first-order valence-corrected chi connectivity index (χ1v) is 13.5. The van der Waals surface area contributed by atoms with Crippen LogP contribution in [0.5, 0.6) is 0 Å². The number of piperazine rings is 1. The van der Waals surface area contributed by atoms with Crippen molar-refractivity contribution in [3.63, 3.8) is 0 Å². The molecule has 9 nitrogen and oxygen atoms in total. The Morgan fingerprint density at radius 2 is 1.37 bits per heavy atom. The number of nitrogens with one attached hydrogen (secondary N) is 1. The van der Waals surface area contributed by atoms with E-state index in [2.05, 4.69) is 34.5 Å². The Morgan fingerprint density at radius 1 is 0.805 bits per heavy atom. The number of piperidine rings is 1. The maximum Gasteiger partial charge on any atom is 0.262 e. The third-order valence-corrected chi connectivity index (χ3v) is 7.96. The topological polar surface area (TPSA) is 107 Å². The van der Waals surface area contributed by atoms with E-state index >= 15 is 4.39 Å². The first-order valence-electron chi connectivity index (χ1n) is 13.5. The highest BCUT2D eigenvalue weighted by Gasteiger charge is 2.45. The van der Waals surface area contributed by atoms with Crippen molar-refractivity contribution in [2.75, 3.05) is 26.2 Å². The molecule has 0 bridgehead atoms. The van der Waals surface area contributed by atoms with E-state index in [9.17, 15) is 24.0 Å². The van der Waals surface area contributed by atoms with Crippen molar-refractivity contribution in [2.45, 2.75) is 24.9 Å². The number of fused-ring (bicyclic) bond motifs is 1. The van der Waals surface area contributed by atoms with Crippen LogP contribution in [0.25, 0.3) is 0 Å². The molecule has 0 saturated carbocycles. The number of nitrogens with zero attached hydrogens (tertiary/aromatic N) is 3. The van der Waals surface area contributed by atoms with Gasteiger partial charge < -0.3 is 4.90 Å². The van der Waals surface area contributed by atoms with Gasteiger partial charge in [0, 0.05) is 32.6 Å². The molecule has 1 N–H and O–H groups in total. The van der Waals surface area contributed by atoms with Gasteiger partial charge in [0.2, 0.25) is 11.8 Å². The predicted molar refractivity (Wildman–Crippen MR) is 145 cm³/mol. The average molecular weight is 555 g/mol. The van der Waals surface area contributed by atoms with Gasteiger partial charge in [0.05, 0.1) is 22.7 Å². The quantitative estimate of drug-likeness (QED) is 0.486. The van der Waals surface area contributed by atoms with Crippen LogP contribution in [0.3, 0.4) is 0 Å². The lowest BCUT2D eigenvalue weighted by Crippen LogP contribution is -2.54. The second kappa shape index (κ2) is 10.7. The lowest BCUT2D eigenvalue weighted by Gasteiger charge is -2.39. The van der Waals surface area contributed by atoms with Crippen molar-refractivity contribution in [1.29, 1.82) is 0 Å². The van der Waals surface area contributed by atoms with Crippen LogP contribution in [0.1, 0.15) is 61.1 Å². The number of hydrogen-bond donors (Lipinski definition) is 1. The number of halogens is 1. The normalized spacial score (nSPS) is 19.5. The molecule has 3 aliphatic heterocycles. The zero-order valence-corrected chi connectivity index (χ0v) is 22.1. The Labute approximate surface area is 235 Å². The number of benzene rings is 3. The minimum atomic E-state index is -1.17. The fourth-order valence-electron chi connectivity index (χ4n) is 5.89. The third kappa shape index (κ3) is 4.80. The molecular formula is C31H27FN4O5. The first kappa shape index (κ1) is 26.5. The van der Waals surface area contributed by atoms with Crippen molar-refractivity contribution in [3.8, 4) is 0 Å². The maximum absolute atomic E-state index is 15.2. The van der Waals surface area contributed by atoms with Crippen molar-refractivity contribution in [2.24, 2.45) is 0 Å². The van der Waals surface area contributed by atoms with Gasteiger partial charge in [-0.3, -0.25) is 39.1 Å². The van der Waals surface area contributed by atoms with Gasteiger partial charge in [-0.25, -0.2) is 4.39 Å². The minimum Gasteiger partial charge on any atom is -0.336 e. The standard InChI is InChI=1S/C31H27FN4O5/c32-24-18-22-21(30(40)36(31(22)41)25-11-12-26(37)33-28(25)38)17-23(24)29(39)35-15-13-34(14-16-35)27(19-7-3-1-4-8-19)20-9-5-2-6-10-20/h1-10,17-18,25,27H,11-16H2,(H,33,37,38). The Morgan fingerprint density at radius 3 is 1.93 bits per heavy atom. The molecule has 0 aromatic heterocycles. The summed E-state index contributed by atoms with van der Waals surface area (Å²) in [6.07, 6.45) is -0.0368. The molecular weight excluding hydrogens is 527 g/mol. The van der Waals surface area contributed by atoms with Crippen molar-refractivity contribution in [3.05, 3.63) is 106 Å². The van der Waals surface area contributed by atoms with E-state index in [4.69, 9.17) is 0 Å². The Balaban J connectivity index is 1.20.